The van der Waals surface area contributed by atoms with E-state index in [2.05, 4.69) is 24.0 Å². The number of pyridine rings is 1. The summed E-state index contributed by atoms with van der Waals surface area (Å²) in [5.74, 6) is -0.327. The van der Waals surface area contributed by atoms with Crippen LogP contribution in [0.3, 0.4) is 0 Å². The first-order valence-electron chi connectivity index (χ1n) is 11.6. The second kappa shape index (κ2) is 11.1. The predicted octanol–water partition coefficient (Wildman–Crippen LogP) is 5.46. The van der Waals surface area contributed by atoms with E-state index in [1.54, 1.807) is 71.9 Å². The van der Waals surface area contributed by atoms with Crippen LogP contribution in [0.2, 0.25) is 0 Å². The molecule has 0 bridgehead atoms. The van der Waals surface area contributed by atoms with E-state index < -0.39 is 9.84 Å². The summed E-state index contributed by atoms with van der Waals surface area (Å²) in [6.07, 6.45) is 4.41. The van der Waals surface area contributed by atoms with Crippen molar-refractivity contribution >= 4 is 15.7 Å². The van der Waals surface area contributed by atoms with E-state index in [9.17, 15) is 13.2 Å². The minimum absolute atomic E-state index is 0.160. The number of hydrogen-bond acceptors (Lipinski definition) is 4. The van der Waals surface area contributed by atoms with Gasteiger partial charge in [0.2, 0.25) is 0 Å². The number of nitrogens with zero attached hydrogens (tertiary/aromatic N) is 2. The van der Waals surface area contributed by atoms with Crippen molar-refractivity contribution in [1.29, 1.82) is 0 Å². The molecule has 6 heteroatoms. The van der Waals surface area contributed by atoms with Crippen LogP contribution in [0.15, 0.2) is 108 Å². The SMILES string of the molecule is CCc1ccc(CN(Cc2cccnc2)C(=O)c2cccc(CS(=O)(=O)c3ccccc3)c2)cc1. The van der Waals surface area contributed by atoms with Crippen LogP contribution >= 0.6 is 0 Å². The van der Waals surface area contributed by atoms with Gasteiger partial charge in [-0.25, -0.2) is 8.42 Å². The molecule has 5 nitrogen and oxygen atoms in total. The zero-order valence-electron chi connectivity index (χ0n) is 19.7. The van der Waals surface area contributed by atoms with Crippen LogP contribution in [0.25, 0.3) is 0 Å². The van der Waals surface area contributed by atoms with Gasteiger partial charge in [-0.3, -0.25) is 9.78 Å². The van der Waals surface area contributed by atoms with Crippen LogP contribution in [0.5, 0.6) is 0 Å². The molecule has 0 unspecified atom stereocenters. The lowest BCUT2D eigenvalue weighted by Gasteiger charge is -2.23. The molecule has 0 aliphatic carbocycles. The fraction of sp³-hybridized carbons (Fsp3) is 0.172. The van der Waals surface area contributed by atoms with Crippen LogP contribution in [-0.2, 0) is 35.1 Å². The lowest BCUT2D eigenvalue weighted by Crippen LogP contribution is -2.30. The first-order valence-corrected chi connectivity index (χ1v) is 13.2. The molecule has 4 aromatic rings. The summed E-state index contributed by atoms with van der Waals surface area (Å²) in [7, 11) is -3.51. The first-order chi connectivity index (χ1) is 16.9. The van der Waals surface area contributed by atoms with Crippen LogP contribution in [0.1, 0.15) is 39.5 Å². The van der Waals surface area contributed by atoms with Crippen LogP contribution in [0.4, 0.5) is 0 Å². The maximum Gasteiger partial charge on any atom is 0.254 e. The van der Waals surface area contributed by atoms with Crippen LogP contribution in [0, 0.1) is 0 Å². The molecule has 178 valence electrons. The Morgan fingerprint density at radius 3 is 2.14 bits per heavy atom. The first kappa shape index (κ1) is 24.4. The van der Waals surface area contributed by atoms with E-state index in [1.165, 1.54) is 5.56 Å². The second-order valence-corrected chi connectivity index (χ2v) is 10.5. The summed E-state index contributed by atoms with van der Waals surface area (Å²) in [6.45, 7) is 2.94. The van der Waals surface area contributed by atoms with Gasteiger partial charge in [0.15, 0.2) is 9.84 Å². The highest BCUT2D eigenvalue weighted by Crippen LogP contribution is 2.19. The smallest absolute Gasteiger partial charge is 0.254 e. The minimum Gasteiger partial charge on any atom is -0.330 e. The molecule has 0 fully saturated rings. The molecule has 35 heavy (non-hydrogen) atoms. The molecule has 0 radical (unpaired) electrons. The van der Waals surface area contributed by atoms with Gasteiger partial charge in [-0.1, -0.05) is 67.6 Å². The van der Waals surface area contributed by atoms with E-state index in [0.717, 1.165) is 17.5 Å². The van der Waals surface area contributed by atoms with Crippen molar-refractivity contribution in [3.05, 3.63) is 131 Å². The number of carbonyl (C=O) groups is 1. The van der Waals surface area contributed by atoms with Gasteiger partial charge in [0.1, 0.15) is 0 Å². The fourth-order valence-corrected chi connectivity index (χ4v) is 5.28. The number of aromatic nitrogens is 1. The van der Waals surface area contributed by atoms with E-state index in [0.29, 0.717) is 24.2 Å². The number of hydrogen-bond donors (Lipinski definition) is 0. The van der Waals surface area contributed by atoms with Gasteiger partial charge in [0, 0.05) is 31.0 Å². The summed E-state index contributed by atoms with van der Waals surface area (Å²) >= 11 is 0. The molecule has 4 rings (SSSR count). The number of carbonyl (C=O) groups excluding carboxylic acids is 1. The third kappa shape index (κ3) is 6.43. The third-order valence-corrected chi connectivity index (χ3v) is 7.52. The molecule has 0 aliphatic rings. The molecule has 0 spiro atoms. The standard InChI is InChI=1S/C29H28N2O3S/c1-2-23-13-15-24(16-14-23)20-31(21-26-9-7-17-30-19-26)29(32)27-10-6-8-25(18-27)22-35(33,34)28-11-4-3-5-12-28/h3-19H,2,20-22H2,1H3. The number of aryl methyl sites for hydroxylation is 1. The number of benzene rings is 3. The Morgan fingerprint density at radius 2 is 1.46 bits per heavy atom. The maximum atomic E-state index is 13.6. The zero-order valence-corrected chi connectivity index (χ0v) is 20.5. The number of rotatable bonds is 9. The highest BCUT2D eigenvalue weighted by atomic mass is 32.2. The maximum absolute atomic E-state index is 13.6. The lowest BCUT2D eigenvalue weighted by atomic mass is 10.1. The largest absolute Gasteiger partial charge is 0.330 e. The highest BCUT2D eigenvalue weighted by Gasteiger charge is 2.20. The number of sulfone groups is 1. The van der Waals surface area contributed by atoms with E-state index >= 15 is 0 Å². The molecular weight excluding hydrogens is 456 g/mol. The molecule has 0 saturated carbocycles. The monoisotopic (exact) mass is 484 g/mol. The Hall–Kier alpha value is -3.77. The average Bonchev–Trinajstić information content (AvgIpc) is 2.89. The molecule has 1 amide bonds. The van der Waals surface area contributed by atoms with Gasteiger partial charge in [0.25, 0.3) is 5.91 Å². The van der Waals surface area contributed by atoms with E-state index in [-0.39, 0.29) is 16.6 Å². The summed E-state index contributed by atoms with van der Waals surface area (Å²) in [4.78, 5) is 19.8. The Balaban J connectivity index is 1.59. The van der Waals surface area contributed by atoms with E-state index in [4.69, 9.17) is 0 Å². The van der Waals surface area contributed by atoms with Crippen LogP contribution < -0.4 is 0 Å². The number of amides is 1. The molecule has 0 atom stereocenters. The fourth-order valence-electron chi connectivity index (χ4n) is 3.92. The minimum atomic E-state index is -3.51. The summed E-state index contributed by atoms with van der Waals surface area (Å²) in [6, 6.07) is 27.3. The highest BCUT2D eigenvalue weighted by molar-refractivity contribution is 7.90. The Morgan fingerprint density at radius 1 is 0.771 bits per heavy atom. The topological polar surface area (TPSA) is 67.3 Å². The summed E-state index contributed by atoms with van der Waals surface area (Å²) < 4.78 is 25.7. The Kier molecular flexibility index (Phi) is 7.73. The van der Waals surface area contributed by atoms with Crippen LogP contribution in [-0.4, -0.2) is 24.2 Å². The molecule has 1 heterocycles. The van der Waals surface area contributed by atoms with Crippen molar-refractivity contribution < 1.29 is 13.2 Å². The normalized spacial score (nSPS) is 11.2. The van der Waals surface area contributed by atoms with Gasteiger partial charge in [0.05, 0.1) is 10.6 Å². The molecule has 3 aromatic carbocycles. The Labute approximate surface area is 207 Å². The van der Waals surface area contributed by atoms with Gasteiger partial charge in [-0.05, 0) is 59.0 Å². The molecule has 0 aliphatic heterocycles. The molecule has 1 aromatic heterocycles. The van der Waals surface area contributed by atoms with Crippen molar-refractivity contribution in [3.8, 4) is 0 Å². The Bertz CT molecular complexity index is 1370. The van der Waals surface area contributed by atoms with Crippen molar-refractivity contribution in [1.82, 2.24) is 9.88 Å². The zero-order chi connectivity index (χ0) is 24.7. The third-order valence-electron chi connectivity index (χ3n) is 5.82. The summed E-state index contributed by atoms with van der Waals surface area (Å²) in [5.41, 5.74) is 4.23. The molecule has 0 saturated heterocycles. The van der Waals surface area contributed by atoms with E-state index in [1.807, 2.05) is 24.3 Å². The van der Waals surface area contributed by atoms with Gasteiger partial charge in [-0.2, -0.15) is 0 Å². The molecule has 0 N–H and O–H groups in total. The second-order valence-electron chi connectivity index (χ2n) is 8.47. The lowest BCUT2D eigenvalue weighted by molar-refractivity contribution is 0.0729. The quantitative estimate of drug-likeness (QED) is 0.316. The van der Waals surface area contributed by atoms with Crippen molar-refractivity contribution in [2.75, 3.05) is 0 Å². The van der Waals surface area contributed by atoms with Crippen molar-refractivity contribution in [2.24, 2.45) is 0 Å². The summed E-state index contributed by atoms with van der Waals surface area (Å²) in [5, 5.41) is 0. The predicted molar refractivity (Wildman–Crippen MR) is 137 cm³/mol. The van der Waals surface area contributed by atoms with Gasteiger partial charge in [-0.15, -0.1) is 0 Å². The molecular formula is C29H28N2O3S. The van der Waals surface area contributed by atoms with Gasteiger partial charge < -0.3 is 4.90 Å². The average molecular weight is 485 g/mol. The van der Waals surface area contributed by atoms with Gasteiger partial charge >= 0.3 is 0 Å². The van der Waals surface area contributed by atoms with Crippen molar-refractivity contribution in [2.45, 2.75) is 37.1 Å². The van der Waals surface area contributed by atoms with Crippen molar-refractivity contribution in [3.63, 3.8) is 0 Å².